The number of hydrogen-bond acceptors (Lipinski definition) is 6. The molecule has 1 saturated heterocycles. The van der Waals surface area contributed by atoms with Crippen LogP contribution in [0.1, 0.15) is 17.3 Å². The van der Waals surface area contributed by atoms with Gasteiger partial charge in [-0.15, -0.1) is 5.10 Å². The summed E-state index contributed by atoms with van der Waals surface area (Å²) in [6.07, 6.45) is 1.88. The topological polar surface area (TPSA) is 65.3 Å². The van der Waals surface area contributed by atoms with Gasteiger partial charge in [-0.1, -0.05) is 23.4 Å². The molecule has 0 unspecified atom stereocenters. The molecule has 8 heteroatoms. The van der Waals surface area contributed by atoms with Crippen molar-refractivity contribution in [3.05, 3.63) is 59.7 Å². The number of aromatic nitrogens is 4. The average molecular weight is 381 g/mol. The molecule has 0 radical (unpaired) electrons. The minimum absolute atomic E-state index is 0.0499. The number of rotatable bonds is 4. The summed E-state index contributed by atoms with van der Waals surface area (Å²) in [5.74, 6) is 0.308. The summed E-state index contributed by atoms with van der Waals surface area (Å²) in [6, 6.07) is 10.6. The molecule has 0 spiro atoms. The monoisotopic (exact) mass is 381 g/mol. The van der Waals surface area contributed by atoms with Crippen LogP contribution in [0.25, 0.3) is 11.3 Å². The summed E-state index contributed by atoms with van der Waals surface area (Å²) in [4.78, 5) is 6.59. The van der Waals surface area contributed by atoms with Crippen molar-refractivity contribution in [2.75, 3.05) is 20.2 Å². The van der Waals surface area contributed by atoms with Crippen molar-refractivity contribution in [2.45, 2.75) is 25.3 Å². The van der Waals surface area contributed by atoms with E-state index in [9.17, 15) is 4.39 Å². The Kier molecular flexibility index (Phi) is 4.29. The second kappa shape index (κ2) is 6.96. The van der Waals surface area contributed by atoms with E-state index in [-0.39, 0.29) is 18.0 Å². The first kappa shape index (κ1) is 17.3. The van der Waals surface area contributed by atoms with Crippen LogP contribution in [0, 0.1) is 5.82 Å². The van der Waals surface area contributed by atoms with Gasteiger partial charge in [-0.2, -0.15) is 0 Å². The zero-order chi connectivity index (χ0) is 19.1. The minimum atomic E-state index is -0.298. The lowest BCUT2D eigenvalue weighted by molar-refractivity contribution is -0.00495. The SMILES string of the molecule is COc1ccc(CN2C[C@@H]3[C@@H](C2)OCc2c(-c4ccccc4F)nnn23)cn1. The van der Waals surface area contributed by atoms with Crippen molar-refractivity contribution in [3.63, 3.8) is 0 Å². The van der Waals surface area contributed by atoms with E-state index >= 15 is 0 Å². The van der Waals surface area contributed by atoms with Crippen molar-refractivity contribution in [3.8, 4) is 17.1 Å². The fraction of sp³-hybridized carbons (Fsp3) is 0.350. The molecule has 2 aliphatic rings. The molecule has 0 aliphatic carbocycles. The second-order valence-corrected chi connectivity index (χ2v) is 7.13. The maximum atomic E-state index is 14.2. The van der Waals surface area contributed by atoms with E-state index in [1.807, 2.05) is 23.0 Å². The van der Waals surface area contributed by atoms with E-state index in [1.165, 1.54) is 6.07 Å². The van der Waals surface area contributed by atoms with Gasteiger partial charge in [0.1, 0.15) is 11.5 Å². The molecule has 144 valence electrons. The number of benzene rings is 1. The van der Waals surface area contributed by atoms with Gasteiger partial charge in [-0.3, -0.25) is 4.90 Å². The lowest BCUT2D eigenvalue weighted by atomic mass is 10.1. The van der Waals surface area contributed by atoms with Crippen molar-refractivity contribution in [1.29, 1.82) is 0 Å². The quantitative estimate of drug-likeness (QED) is 0.692. The Morgan fingerprint density at radius 3 is 2.89 bits per heavy atom. The van der Waals surface area contributed by atoms with E-state index in [0.29, 0.717) is 23.7 Å². The Morgan fingerprint density at radius 2 is 2.11 bits per heavy atom. The van der Waals surface area contributed by atoms with Crippen molar-refractivity contribution >= 4 is 0 Å². The highest BCUT2D eigenvalue weighted by Crippen LogP contribution is 2.35. The number of likely N-dealkylation sites (tertiary alicyclic amines) is 1. The van der Waals surface area contributed by atoms with E-state index < -0.39 is 0 Å². The molecule has 3 aromatic rings. The first-order chi connectivity index (χ1) is 13.7. The maximum Gasteiger partial charge on any atom is 0.212 e. The predicted octanol–water partition coefficient (Wildman–Crippen LogP) is 2.44. The van der Waals surface area contributed by atoms with E-state index in [0.717, 1.165) is 30.9 Å². The van der Waals surface area contributed by atoms with E-state index in [4.69, 9.17) is 9.47 Å². The average Bonchev–Trinajstić information content (AvgIpc) is 3.32. The fourth-order valence-corrected chi connectivity index (χ4v) is 4.01. The highest BCUT2D eigenvalue weighted by atomic mass is 19.1. The Balaban J connectivity index is 1.36. The summed E-state index contributed by atoms with van der Waals surface area (Å²) < 4.78 is 27.3. The zero-order valence-electron chi connectivity index (χ0n) is 15.5. The van der Waals surface area contributed by atoms with Crippen LogP contribution in [0.15, 0.2) is 42.6 Å². The molecule has 1 fully saturated rings. The third-order valence-electron chi connectivity index (χ3n) is 5.39. The highest BCUT2D eigenvalue weighted by molar-refractivity contribution is 5.62. The third kappa shape index (κ3) is 2.94. The number of fused-ring (bicyclic) bond motifs is 3. The Labute approximate surface area is 161 Å². The molecule has 2 aliphatic heterocycles. The minimum Gasteiger partial charge on any atom is -0.481 e. The standard InChI is InChI=1S/C20H20FN5O2/c1-27-19-7-6-13(8-22-19)9-25-10-16-18(11-25)28-12-17-20(23-24-26(16)17)14-4-2-3-5-15(14)21/h2-8,16,18H,9-12H2,1H3/t16-,18-/m1/s1. The van der Waals surface area contributed by atoms with Crippen LogP contribution < -0.4 is 4.74 Å². The number of pyridine rings is 1. The molecule has 7 nitrogen and oxygen atoms in total. The first-order valence-electron chi connectivity index (χ1n) is 9.25. The summed E-state index contributed by atoms with van der Waals surface area (Å²) >= 11 is 0. The van der Waals surface area contributed by atoms with Gasteiger partial charge in [-0.05, 0) is 17.7 Å². The van der Waals surface area contributed by atoms with Gasteiger partial charge in [0.15, 0.2) is 0 Å². The van der Waals surface area contributed by atoms with Gasteiger partial charge < -0.3 is 9.47 Å². The van der Waals surface area contributed by atoms with Gasteiger partial charge in [0.25, 0.3) is 0 Å². The second-order valence-electron chi connectivity index (χ2n) is 7.13. The molecule has 0 saturated carbocycles. The van der Waals surface area contributed by atoms with Crippen LogP contribution in [0.2, 0.25) is 0 Å². The molecular weight excluding hydrogens is 361 g/mol. The number of halogens is 1. The lowest BCUT2D eigenvalue weighted by Crippen LogP contribution is -2.32. The number of methoxy groups -OCH3 is 1. The van der Waals surface area contributed by atoms with E-state index in [1.54, 1.807) is 25.3 Å². The third-order valence-corrected chi connectivity index (χ3v) is 5.39. The smallest absolute Gasteiger partial charge is 0.212 e. The molecule has 5 rings (SSSR count). The van der Waals surface area contributed by atoms with Gasteiger partial charge in [0.2, 0.25) is 5.88 Å². The lowest BCUT2D eigenvalue weighted by Gasteiger charge is -2.26. The van der Waals surface area contributed by atoms with Gasteiger partial charge >= 0.3 is 0 Å². The van der Waals surface area contributed by atoms with Crippen molar-refractivity contribution < 1.29 is 13.9 Å². The summed E-state index contributed by atoms with van der Waals surface area (Å²) in [5, 5.41) is 8.61. The molecule has 28 heavy (non-hydrogen) atoms. The molecule has 4 heterocycles. The summed E-state index contributed by atoms with van der Waals surface area (Å²) in [7, 11) is 1.61. The van der Waals surface area contributed by atoms with Gasteiger partial charge in [0, 0.05) is 37.5 Å². The van der Waals surface area contributed by atoms with Gasteiger partial charge in [0.05, 0.1) is 31.6 Å². The number of hydrogen-bond donors (Lipinski definition) is 0. The largest absolute Gasteiger partial charge is 0.481 e. The van der Waals surface area contributed by atoms with Crippen LogP contribution in [0.5, 0.6) is 5.88 Å². The van der Waals surface area contributed by atoms with Crippen LogP contribution in [0.4, 0.5) is 4.39 Å². The number of nitrogens with zero attached hydrogens (tertiary/aromatic N) is 5. The van der Waals surface area contributed by atoms with Crippen molar-refractivity contribution in [2.24, 2.45) is 0 Å². The van der Waals surface area contributed by atoms with Crippen LogP contribution in [0.3, 0.4) is 0 Å². The molecular formula is C20H20FN5O2. The number of ether oxygens (including phenoxy) is 2. The Bertz CT molecular complexity index is 991. The van der Waals surface area contributed by atoms with Crippen molar-refractivity contribution in [1.82, 2.24) is 24.9 Å². The predicted molar refractivity (Wildman–Crippen MR) is 99.1 cm³/mol. The molecule has 0 amide bonds. The Morgan fingerprint density at radius 1 is 1.21 bits per heavy atom. The Hall–Kier alpha value is -2.84. The molecule has 2 aromatic heterocycles. The van der Waals surface area contributed by atoms with Crippen LogP contribution in [-0.2, 0) is 17.9 Å². The summed E-state index contributed by atoms with van der Waals surface area (Å²) in [5.41, 5.74) is 2.98. The maximum absolute atomic E-state index is 14.2. The molecule has 2 atom stereocenters. The van der Waals surface area contributed by atoms with Crippen LogP contribution in [-0.4, -0.2) is 51.2 Å². The zero-order valence-corrected chi connectivity index (χ0v) is 15.5. The molecule has 1 aromatic carbocycles. The summed E-state index contributed by atoms with van der Waals surface area (Å²) in [6.45, 7) is 2.77. The molecule has 0 N–H and O–H groups in total. The first-order valence-corrected chi connectivity index (χ1v) is 9.25. The highest BCUT2D eigenvalue weighted by Gasteiger charge is 2.40. The van der Waals surface area contributed by atoms with E-state index in [2.05, 4.69) is 20.2 Å². The molecule has 0 bridgehead atoms. The van der Waals surface area contributed by atoms with Gasteiger partial charge in [-0.25, -0.2) is 14.1 Å². The van der Waals surface area contributed by atoms with Crippen LogP contribution >= 0.6 is 0 Å². The normalized spacial score (nSPS) is 21.4. The fourth-order valence-electron chi connectivity index (χ4n) is 4.01.